The number of thiophene rings is 1. The molecule has 2 aromatic rings. The number of thiazole rings is 1. The third kappa shape index (κ3) is 3.42. The van der Waals surface area contributed by atoms with Gasteiger partial charge >= 0.3 is 0 Å². The summed E-state index contributed by atoms with van der Waals surface area (Å²) in [6.45, 7) is 2.11. The van der Waals surface area contributed by atoms with Crippen LogP contribution in [0.4, 0.5) is 5.13 Å². The molecule has 0 unspecified atom stereocenters. The maximum absolute atomic E-state index is 12.1. The zero-order valence-corrected chi connectivity index (χ0v) is 13.4. The molecule has 112 valence electrons. The quantitative estimate of drug-likeness (QED) is 0.908. The van der Waals surface area contributed by atoms with Gasteiger partial charge < -0.3 is 10.1 Å². The molecular formula is C14H17N3O2S2. The average molecular weight is 323 g/mol. The average Bonchev–Trinajstić information content (AvgIpc) is 3.17. The number of aromatic nitrogens is 1. The second kappa shape index (κ2) is 6.55. The number of carbonyl (C=O) groups is 1. The van der Waals surface area contributed by atoms with Crippen LogP contribution in [-0.2, 0) is 0 Å². The van der Waals surface area contributed by atoms with Crippen molar-refractivity contribution in [3.05, 3.63) is 27.4 Å². The zero-order chi connectivity index (χ0) is 14.7. The minimum absolute atomic E-state index is 0.130. The van der Waals surface area contributed by atoms with Crippen molar-refractivity contribution in [3.63, 3.8) is 0 Å². The smallest absolute Gasteiger partial charge is 0.267 e. The first-order valence-electron chi connectivity index (χ1n) is 6.86. The van der Waals surface area contributed by atoms with E-state index in [2.05, 4.69) is 15.6 Å². The van der Waals surface area contributed by atoms with Crippen molar-refractivity contribution in [2.75, 3.05) is 25.5 Å². The number of amides is 1. The SMILES string of the molecule is COc1csc(C(=O)Nc2ncc(C3CCNCC3)s2)c1. The van der Waals surface area contributed by atoms with Gasteiger partial charge in [-0.15, -0.1) is 22.7 Å². The molecule has 2 N–H and O–H groups in total. The number of hydrogen-bond acceptors (Lipinski definition) is 6. The van der Waals surface area contributed by atoms with Crippen LogP contribution in [0.5, 0.6) is 5.75 Å². The number of nitrogens with one attached hydrogen (secondary N) is 2. The van der Waals surface area contributed by atoms with E-state index >= 15 is 0 Å². The van der Waals surface area contributed by atoms with Crippen LogP contribution in [0.2, 0.25) is 0 Å². The van der Waals surface area contributed by atoms with Crippen LogP contribution in [0.1, 0.15) is 33.3 Å². The number of methoxy groups -OCH3 is 1. The number of rotatable bonds is 4. The van der Waals surface area contributed by atoms with Gasteiger partial charge in [0, 0.05) is 22.5 Å². The molecule has 1 fully saturated rings. The van der Waals surface area contributed by atoms with E-state index in [-0.39, 0.29) is 5.91 Å². The molecular weight excluding hydrogens is 306 g/mol. The standard InChI is InChI=1S/C14H17N3O2S2/c1-19-10-6-11(20-8-10)13(18)17-14-16-7-12(21-14)9-2-4-15-5-3-9/h6-9,15H,2-5H2,1H3,(H,16,17,18). The molecule has 1 amide bonds. The van der Waals surface area contributed by atoms with E-state index in [4.69, 9.17) is 4.74 Å². The number of ether oxygens (including phenoxy) is 1. The topological polar surface area (TPSA) is 63.2 Å². The van der Waals surface area contributed by atoms with Crippen molar-refractivity contribution in [1.29, 1.82) is 0 Å². The Hall–Kier alpha value is -1.44. The summed E-state index contributed by atoms with van der Waals surface area (Å²) in [6, 6.07) is 1.74. The van der Waals surface area contributed by atoms with E-state index in [1.54, 1.807) is 24.5 Å². The molecule has 0 bridgehead atoms. The molecule has 21 heavy (non-hydrogen) atoms. The minimum Gasteiger partial charge on any atom is -0.496 e. The van der Waals surface area contributed by atoms with Gasteiger partial charge in [-0.05, 0) is 31.8 Å². The molecule has 3 heterocycles. The van der Waals surface area contributed by atoms with Gasteiger partial charge in [-0.2, -0.15) is 0 Å². The van der Waals surface area contributed by atoms with Gasteiger partial charge in [0.15, 0.2) is 5.13 Å². The second-order valence-corrected chi connectivity index (χ2v) is 6.87. The summed E-state index contributed by atoms with van der Waals surface area (Å²) < 4.78 is 5.09. The number of piperidine rings is 1. The Kier molecular flexibility index (Phi) is 4.52. The number of nitrogens with zero attached hydrogens (tertiary/aromatic N) is 1. The molecule has 7 heteroatoms. The summed E-state index contributed by atoms with van der Waals surface area (Å²) in [5.41, 5.74) is 0. The Morgan fingerprint density at radius 1 is 1.48 bits per heavy atom. The summed E-state index contributed by atoms with van der Waals surface area (Å²) in [5, 5.41) is 8.70. The van der Waals surface area contributed by atoms with E-state index in [9.17, 15) is 4.79 Å². The van der Waals surface area contributed by atoms with Crippen LogP contribution in [0, 0.1) is 0 Å². The molecule has 0 radical (unpaired) electrons. The fraction of sp³-hybridized carbons (Fsp3) is 0.429. The van der Waals surface area contributed by atoms with Gasteiger partial charge in [-0.1, -0.05) is 0 Å². The molecule has 0 saturated carbocycles. The Morgan fingerprint density at radius 3 is 3.00 bits per heavy atom. The number of hydrogen-bond donors (Lipinski definition) is 2. The Morgan fingerprint density at radius 2 is 2.29 bits per heavy atom. The van der Waals surface area contributed by atoms with Gasteiger partial charge in [0.25, 0.3) is 5.91 Å². The van der Waals surface area contributed by atoms with E-state index in [0.29, 0.717) is 21.7 Å². The molecule has 1 aliphatic heterocycles. The lowest BCUT2D eigenvalue weighted by atomic mass is 9.97. The molecule has 5 nitrogen and oxygen atoms in total. The molecule has 1 aliphatic rings. The highest BCUT2D eigenvalue weighted by atomic mass is 32.1. The van der Waals surface area contributed by atoms with E-state index < -0.39 is 0 Å². The molecule has 3 rings (SSSR count). The Balaban J connectivity index is 1.64. The largest absolute Gasteiger partial charge is 0.496 e. The van der Waals surface area contributed by atoms with Crippen LogP contribution in [0.25, 0.3) is 0 Å². The maximum Gasteiger partial charge on any atom is 0.267 e. The van der Waals surface area contributed by atoms with Gasteiger partial charge in [0.05, 0.1) is 12.0 Å². The highest BCUT2D eigenvalue weighted by Crippen LogP contribution is 2.32. The van der Waals surface area contributed by atoms with Crippen molar-refractivity contribution >= 4 is 33.7 Å². The first kappa shape index (κ1) is 14.5. The monoisotopic (exact) mass is 323 g/mol. The Labute approximate surface area is 131 Å². The zero-order valence-electron chi connectivity index (χ0n) is 11.7. The normalized spacial score (nSPS) is 15.9. The highest BCUT2D eigenvalue weighted by molar-refractivity contribution is 7.16. The van der Waals surface area contributed by atoms with E-state index in [1.807, 2.05) is 11.6 Å². The van der Waals surface area contributed by atoms with Crippen LogP contribution >= 0.6 is 22.7 Å². The first-order valence-corrected chi connectivity index (χ1v) is 8.56. The lowest BCUT2D eigenvalue weighted by Gasteiger charge is -2.20. The lowest BCUT2D eigenvalue weighted by Crippen LogP contribution is -2.26. The summed E-state index contributed by atoms with van der Waals surface area (Å²) in [6.07, 6.45) is 4.17. The van der Waals surface area contributed by atoms with Crippen molar-refractivity contribution in [1.82, 2.24) is 10.3 Å². The van der Waals surface area contributed by atoms with Crippen molar-refractivity contribution in [2.45, 2.75) is 18.8 Å². The lowest BCUT2D eigenvalue weighted by molar-refractivity contribution is 0.103. The summed E-state index contributed by atoms with van der Waals surface area (Å²) in [5.74, 6) is 1.14. The van der Waals surface area contributed by atoms with Crippen LogP contribution < -0.4 is 15.4 Å². The molecule has 0 aliphatic carbocycles. The van der Waals surface area contributed by atoms with Gasteiger partial charge in [0.1, 0.15) is 5.75 Å². The second-order valence-electron chi connectivity index (χ2n) is 4.90. The number of anilines is 1. The summed E-state index contributed by atoms with van der Waals surface area (Å²) >= 11 is 2.95. The van der Waals surface area contributed by atoms with Crippen molar-refractivity contribution < 1.29 is 9.53 Å². The number of carbonyl (C=O) groups excluding carboxylic acids is 1. The first-order chi connectivity index (χ1) is 10.3. The highest BCUT2D eigenvalue weighted by Gasteiger charge is 2.19. The molecule has 0 atom stereocenters. The third-order valence-electron chi connectivity index (χ3n) is 3.52. The molecule has 2 aromatic heterocycles. The van der Waals surface area contributed by atoms with Crippen LogP contribution in [-0.4, -0.2) is 31.1 Å². The minimum atomic E-state index is -0.130. The fourth-order valence-corrected chi connectivity index (χ4v) is 4.07. The van der Waals surface area contributed by atoms with Crippen molar-refractivity contribution in [2.24, 2.45) is 0 Å². The summed E-state index contributed by atoms with van der Waals surface area (Å²) in [4.78, 5) is 18.3. The molecule has 0 aromatic carbocycles. The van der Waals surface area contributed by atoms with Gasteiger partial charge in [0.2, 0.25) is 0 Å². The van der Waals surface area contributed by atoms with Crippen LogP contribution in [0.3, 0.4) is 0 Å². The predicted molar refractivity (Wildman–Crippen MR) is 85.8 cm³/mol. The predicted octanol–water partition coefficient (Wildman–Crippen LogP) is 2.93. The fourth-order valence-electron chi connectivity index (χ4n) is 2.34. The third-order valence-corrected chi connectivity index (χ3v) is 5.50. The van der Waals surface area contributed by atoms with Crippen molar-refractivity contribution in [3.8, 4) is 5.75 Å². The molecule has 1 saturated heterocycles. The van der Waals surface area contributed by atoms with Gasteiger partial charge in [-0.25, -0.2) is 4.98 Å². The van der Waals surface area contributed by atoms with Crippen LogP contribution in [0.15, 0.2) is 17.6 Å². The van der Waals surface area contributed by atoms with Gasteiger partial charge in [-0.3, -0.25) is 10.1 Å². The molecule has 0 spiro atoms. The summed E-state index contributed by atoms with van der Waals surface area (Å²) in [7, 11) is 1.59. The van der Waals surface area contributed by atoms with E-state index in [1.165, 1.54) is 16.2 Å². The van der Waals surface area contributed by atoms with E-state index in [0.717, 1.165) is 25.9 Å². The maximum atomic E-state index is 12.1. The Bertz CT molecular complexity index is 617.